The lowest BCUT2D eigenvalue weighted by molar-refractivity contribution is 0.0949. The largest absolute Gasteiger partial charge is 0.507 e. The van der Waals surface area contributed by atoms with Crippen molar-refractivity contribution >= 4 is 22.4 Å². The minimum atomic E-state index is -0.517. The number of para-hydroxylation sites is 1. The average molecular weight is 378 g/mol. The van der Waals surface area contributed by atoms with E-state index in [0.717, 1.165) is 12.8 Å². The summed E-state index contributed by atoms with van der Waals surface area (Å²) in [5.74, 6) is -0.439. The minimum absolute atomic E-state index is 0.0784. The molecule has 0 atom stereocenters. The molecule has 2 N–H and O–H groups in total. The van der Waals surface area contributed by atoms with E-state index >= 15 is 0 Å². The molecular formula is C21H22N4O3. The van der Waals surface area contributed by atoms with Crippen molar-refractivity contribution in [3.8, 4) is 5.75 Å². The number of amides is 1. The molecule has 3 rings (SSSR count). The van der Waals surface area contributed by atoms with E-state index in [1.165, 1.54) is 4.68 Å². The van der Waals surface area contributed by atoms with Crippen molar-refractivity contribution in [3.05, 3.63) is 70.1 Å². The van der Waals surface area contributed by atoms with E-state index in [-0.39, 0.29) is 17.0 Å². The van der Waals surface area contributed by atoms with Crippen LogP contribution in [0.5, 0.6) is 5.75 Å². The number of unbranched alkanes of at least 4 members (excludes halogenated alkanes) is 1. The van der Waals surface area contributed by atoms with Gasteiger partial charge in [0, 0.05) is 17.5 Å². The first-order chi connectivity index (χ1) is 13.5. The molecule has 7 nitrogen and oxygen atoms in total. The van der Waals surface area contributed by atoms with Gasteiger partial charge in [-0.3, -0.25) is 9.59 Å². The number of hydrazone groups is 1. The second-order valence-electron chi connectivity index (χ2n) is 6.43. The van der Waals surface area contributed by atoms with Gasteiger partial charge in [0.05, 0.1) is 11.1 Å². The zero-order chi connectivity index (χ0) is 20.1. The number of aromatic nitrogens is 2. The number of carbonyl (C=O) groups excluding carboxylic acids is 1. The predicted octanol–water partition coefficient (Wildman–Crippen LogP) is 3.06. The lowest BCUT2D eigenvalue weighted by Gasteiger charge is -2.10. The molecule has 2 aromatic carbocycles. The Balaban J connectivity index is 1.97. The standard InChI is InChI=1S/C21H22N4O3/c1-3-4-13-25-21(28)17-11-6-5-10-16(17)19(24-25)20(27)23-22-14(2)15-9-7-8-12-18(15)26/h5-12,26H,3-4,13H2,1-2H3,(H,23,27)/b22-14+. The van der Waals surface area contributed by atoms with Crippen LogP contribution < -0.4 is 11.0 Å². The monoisotopic (exact) mass is 378 g/mol. The third-order valence-corrected chi connectivity index (χ3v) is 4.43. The number of aryl methyl sites for hydroxylation is 1. The first-order valence-electron chi connectivity index (χ1n) is 9.15. The van der Waals surface area contributed by atoms with Crippen molar-refractivity contribution < 1.29 is 9.90 Å². The van der Waals surface area contributed by atoms with Gasteiger partial charge in [-0.1, -0.05) is 43.7 Å². The van der Waals surface area contributed by atoms with Crippen LogP contribution in [-0.2, 0) is 6.54 Å². The Morgan fingerprint density at radius 1 is 1.14 bits per heavy atom. The van der Waals surface area contributed by atoms with E-state index in [1.54, 1.807) is 55.5 Å². The highest BCUT2D eigenvalue weighted by molar-refractivity contribution is 6.06. The number of phenolic OH excluding ortho intramolecular Hbond substituents is 1. The molecule has 0 saturated carbocycles. The zero-order valence-corrected chi connectivity index (χ0v) is 15.8. The third kappa shape index (κ3) is 3.93. The number of nitrogens with zero attached hydrogens (tertiary/aromatic N) is 3. The van der Waals surface area contributed by atoms with Gasteiger partial charge in [-0.05, 0) is 31.5 Å². The first kappa shape index (κ1) is 19.3. The zero-order valence-electron chi connectivity index (χ0n) is 15.8. The Kier molecular flexibility index (Phi) is 5.84. The lowest BCUT2D eigenvalue weighted by Crippen LogP contribution is -2.29. The van der Waals surface area contributed by atoms with Gasteiger partial charge in [0.15, 0.2) is 5.69 Å². The predicted molar refractivity (Wildman–Crippen MR) is 109 cm³/mol. The summed E-state index contributed by atoms with van der Waals surface area (Å²) in [6.07, 6.45) is 1.70. The second-order valence-corrected chi connectivity index (χ2v) is 6.43. The summed E-state index contributed by atoms with van der Waals surface area (Å²) in [6.45, 7) is 4.15. The van der Waals surface area contributed by atoms with Crippen molar-refractivity contribution in [2.75, 3.05) is 0 Å². The molecule has 7 heteroatoms. The Hall–Kier alpha value is -3.48. The van der Waals surface area contributed by atoms with Crippen LogP contribution in [0.1, 0.15) is 42.7 Å². The van der Waals surface area contributed by atoms with Crippen LogP contribution in [-0.4, -0.2) is 26.5 Å². The molecule has 0 radical (unpaired) electrons. The van der Waals surface area contributed by atoms with Gasteiger partial charge in [0.25, 0.3) is 11.5 Å². The molecule has 1 aromatic heterocycles. The summed E-state index contributed by atoms with van der Waals surface area (Å²) in [5.41, 5.74) is 3.38. The van der Waals surface area contributed by atoms with Gasteiger partial charge >= 0.3 is 0 Å². The van der Waals surface area contributed by atoms with Crippen LogP contribution in [0.4, 0.5) is 0 Å². The normalized spacial score (nSPS) is 11.6. The van der Waals surface area contributed by atoms with Gasteiger partial charge in [-0.15, -0.1) is 0 Å². The van der Waals surface area contributed by atoms with Crippen LogP contribution in [0.3, 0.4) is 0 Å². The lowest BCUT2D eigenvalue weighted by atomic mass is 10.1. The number of nitrogens with one attached hydrogen (secondary N) is 1. The highest BCUT2D eigenvalue weighted by atomic mass is 16.3. The summed E-state index contributed by atoms with van der Waals surface area (Å²) in [5, 5.41) is 19.2. The number of hydrogen-bond donors (Lipinski definition) is 2. The topological polar surface area (TPSA) is 96.6 Å². The van der Waals surface area contributed by atoms with Gasteiger partial charge < -0.3 is 5.11 Å². The van der Waals surface area contributed by atoms with Crippen LogP contribution in [0.25, 0.3) is 10.8 Å². The molecule has 28 heavy (non-hydrogen) atoms. The number of benzene rings is 2. The van der Waals surface area contributed by atoms with Gasteiger partial charge in [0.2, 0.25) is 0 Å². The minimum Gasteiger partial charge on any atom is -0.507 e. The summed E-state index contributed by atoms with van der Waals surface area (Å²) in [4.78, 5) is 25.4. The molecule has 1 heterocycles. The molecule has 0 bridgehead atoms. The molecule has 1 amide bonds. The van der Waals surface area contributed by atoms with Crippen LogP contribution >= 0.6 is 0 Å². The number of carbonyl (C=O) groups is 1. The summed E-state index contributed by atoms with van der Waals surface area (Å²) < 4.78 is 1.33. The van der Waals surface area contributed by atoms with E-state index in [1.807, 2.05) is 6.92 Å². The smallest absolute Gasteiger partial charge is 0.292 e. The second kappa shape index (κ2) is 8.47. The number of rotatable bonds is 6. The highest BCUT2D eigenvalue weighted by Gasteiger charge is 2.16. The van der Waals surface area contributed by atoms with Gasteiger partial charge in [0.1, 0.15) is 5.75 Å². The van der Waals surface area contributed by atoms with Gasteiger partial charge in [-0.2, -0.15) is 10.2 Å². The van der Waals surface area contributed by atoms with Crippen molar-refractivity contribution in [2.45, 2.75) is 33.2 Å². The molecule has 0 saturated heterocycles. The van der Waals surface area contributed by atoms with E-state index in [4.69, 9.17) is 0 Å². The summed E-state index contributed by atoms with van der Waals surface area (Å²) in [6, 6.07) is 13.6. The fraction of sp³-hybridized carbons (Fsp3) is 0.238. The summed E-state index contributed by atoms with van der Waals surface area (Å²) >= 11 is 0. The Morgan fingerprint density at radius 3 is 2.54 bits per heavy atom. The molecule has 0 aliphatic rings. The van der Waals surface area contributed by atoms with Crippen molar-refractivity contribution in [2.24, 2.45) is 5.10 Å². The van der Waals surface area contributed by atoms with Gasteiger partial charge in [-0.25, -0.2) is 10.1 Å². The van der Waals surface area contributed by atoms with E-state index in [0.29, 0.717) is 28.6 Å². The molecule has 0 aliphatic carbocycles. The molecule has 144 valence electrons. The van der Waals surface area contributed by atoms with Crippen LogP contribution in [0.15, 0.2) is 58.4 Å². The van der Waals surface area contributed by atoms with Crippen molar-refractivity contribution in [1.29, 1.82) is 0 Å². The third-order valence-electron chi connectivity index (χ3n) is 4.43. The number of fused-ring (bicyclic) bond motifs is 1. The van der Waals surface area contributed by atoms with Crippen LogP contribution in [0, 0.1) is 0 Å². The Morgan fingerprint density at radius 2 is 1.82 bits per heavy atom. The summed E-state index contributed by atoms with van der Waals surface area (Å²) in [7, 11) is 0. The highest BCUT2D eigenvalue weighted by Crippen LogP contribution is 2.17. The van der Waals surface area contributed by atoms with E-state index in [9.17, 15) is 14.7 Å². The number of aromatic hydroxyl groups is 1. The fourth-order valence-electron chi connectivity index (χ4n) is 2.89. The number of hydrogen-bond acceptors (Lipinski definition) is 5. The molecule has 0 unspecified atom stereocenters. The fourth-order valence-corrected chi connectivity index (χ4v) is 2.89. The Labute approximate surface area is 162 Å². The quantitative estimate of drug-likeness (QED) is 0.509. The molecule has 3 aromatic rings. The maximum absolute atomic E-state index is 12.8. The van der Waals surface area contributed by atoms with Crippen molar-refractivity contribution in [3.63, 3.8) is 0 Å². The Bertz CT molecular complexity index is 1100. The SMILES string of the molecule is CCCCn1nc(C(=O)N/N=C(\C)c2ccccc2O)c2ccccc2c1=O. The maximum Gasteiger partial charge on any atom is 0.292 e. The molecule has 0 fully saturated rings. The maximum atomic E-state index is 12.8. The average Bonchev–Trinajstić information content (AvgIpc) is 2.72. The number of phenols is 1. The molecular weight excluding hydrogens is 356 g/mol. The molecule has 0 spiro atoms. The van der Waals surface area contributed by atoms with E-state index in [2.05, 4.69) is 15.6 Å². The van der Waals surface area contributed by atoms with Crippen LogP contribution in [0.2, 0.25) is 0 Å². The molecule has 0 aliphatic heterocycles. The van der Waals surface area contributed by atoms with E-state index < -0.39 is 5.91 Å². The van der Waals surface area contributed by atoms with Crippen molar-refractivity contribution in [1.82, 2.24) is 15.2 Å². The first-order valence-corrected chi connectivity index (χ1v) is 9.15.